The summed E-state index contributed by atoms with van der Waals surface area (Å²) in [6, 6.07) is 0. The van der Waals surface area contributed by atoms with Crippen molar-refractivity contribution in [1.82, 2.24) is 0 Å². The Morgan fingerprint density at radius 3 is 1.50 bits per heavy atom. The van der Waals surface area contributed by atoms with E-state index in [0.29, 0.717) is 0 Å². The van der Waals surface area contributed by atoms with Gasteiger partial charge >= 0.3 is 0 Å². The van der Waals surface area contributed by atoms with Crippen LogP contribution in [0.2, 0.25) is 0 Å². The van der Waals surface area contributed by atoms with Crippen molar-refractivity contribution >= 4 is 47.5 Å². The molecule has 0 bridgehead atoms. The molecule has 6 heteroatoms. The number of hydrogen-bond acceptors (Lipinski definition) is 2. The third-order valence-corrected chi connectivity index (χ3v) is 0. The Bertz CT molecular complexity index is 92.0. The van der Waals surface area contributed by atoms with E-state index in [4.69, 9.17) is 13.3 Å². The van der Waals surface area contributed by atoms with E-state index in [1.165, 1.54) is 0 Å². The zero-order chi connectivity index (χ0) is 4.50. The summed E-state index contributed by atoms with van der Waals surface area (Å²) < 4.78 is 24.0. The second-order valence-corrected chi connectivity index (χ2v) is 2.65. The molecule has 3 nitrogen and oxygen atoms in total. The average molecular weight is 319 g/mol. The molecule has 35 valence electrons. The molecule has 0 aromatic rings. The van der Waals surface area contributed by atoms with Gasteiger partial charge < -0.3 is 0 Å². The van der Waals surface area contributed by atoms with Crippen molar-refractivity contribution in [2.75, 3.05) is 0 Å². The molecule has 1 radical (unpaired) electrons. The molecule has 6 heavy (non-hydrogen) atoms. The summed E-state index contributed by atoms with van der Waals surface area (Å²) in [6.07, 6.45) is 0. The molecule has 0 rings (SSSR count). The van der Waals surface area contributed by atoms with Crippen molar-refractivity contribution in [2.24, 2.45) is 0 Å². The summed E-state index contributed by atoms with van der Waals surface area (Å²) in [5.41, 5.74) is 0. The molecule has 0 heterocycles. The summed E-state index contributed by atoms with van der Waals surface area (Å²) in [4.78, 5) is 0. The minimum Gasteiger partial charge on any atom is -0.285 e. The van der Waals surface area contributed by atoms with Gasteiger partial charge in [0, 0.05) is 38.5 Å². The second-order valence-electron chi connectivity index (χ2n) is 0.448. The zero-order valence-electron chi connectivity index (χ0n) is 2.70. The molecule has 0 spiro atoms. The van der Waals surface area contributed by atoms with Crippen LogP contribution in [0.5, 0.6) is 0 Å². The molecule has 0 saturated heterocycles. The van der Waals surface area contributed by atoms with E-state index < -0.39 is 9.05 Å². The van der Waals surface area contributed by atoms with Gasteiger partial charge in [0.25, 0.3) is 9.05 Å². The molecular formula is H2O3S2Tl. The zero-order valence-corrected chi connectivity index (χ0v) is 8.82. The summed E-state index contributed by atoms with van der Waals surface area (Å²) in [6.45, 7) is 0. The molecule has 0 saturated carbocycles. The molecule has 0 aliphatic rings. The Hall–Kier alpha value is 1.21. The summed E-state index contributed by atoms with van der Waals surface area (Å²) in [7, 11) is -3.83. The van der Waals surface area contributed by atoms with Gasteiger partial charge in [0.15, 0.2) is 0 Å². The fourth-order valence-corrected chi connectivity index (χ4v) is 0. The topological polar surface area (TPSA) is 57.5 Å². The first-order valence-corrected chi connectivity index (χ1v) is 3.10. The maximum absolute atomic E-state index is 9.11. The van der Waals surface area contributed by atoms with E-state index in [2.05, 4.69) is 11.2 Å². The molecule has 0 amide bonds. The van der Waals surface area contributed by atoms with E-state index in [1.54, 1.807) is 0 Å². The van der Waals surface area contributed by atoms with Crippen LogP contribution < -0.4 is 0 Å². The normalized spacial score (nSPS) is 9.67. The molecule has 0 fully saturated rings. The van der Waals surface area contributed by atoms with Crippen molar-refractivity contribution < 1.29 is 13.3 Å². The first kappa shape index (κ1) is 10.2. The Balaban J connectivity index is 0. The van der Waals surface area contributed by atoms with Crippen LogP contribution in [0.4, 0.5) is 0 Å². The molecule has 0 unspecified atom stereocenters. The van der Waals surface area contributed by atoms with E-state index in [1.807, 2.05) is 0 Å². The van der Waals surface area contributed by atoms with Gasteiger partial charge in [0.1, 0.15) is 0 Å². The fourth-order valence-electron chi connectivity index (χ4n) is 0. The SMILES string of the molecule is O=S(O)(O)=S.[Tl]. The molecule has 0 aliphatic carbocycles. The van der Waals surface area contributed by atoms with Crippen LogP contribution in [-0.2, 0) is 20.2 Å². The molecule has 0 aromatic heterocycles. The van der Waals surface area contributed by atoms with Crippen molar-refractivity contribution in [3.8, 4) is 0 Å². The van der Waals surface area contributed by atoms with Gasteiger partial charge in [-0.05, 0) is 0 Å². The van der Waals surface area contributed by atoms with E-state index in [9.17, 15) is 0 Å². The van der Waals surface area contributed by atoms with Crippen LogP contribution in [0, 0.1) is 0 Å². The van der Waals surface area contributed by atoms with Crippen LogP contribution in [-0.4, -0.2) is 40.6 Å². The second kappa shape index (κ2) is 3.24. The van der Waals surface area contributed by atoms with Crippen LogP contribution >= 0.6 is 0 Å². The predicted molar refractivity (Wildman–Crippen MR) is 26.5 cm³/mol. The molecular weight excluding hydrogens is 317 g/mol. The van der Waals surface area contributed by atoms with E-state index in [-0.39, 0.29) is 27.3 Å². The van der Waals surface area contributed by atoms with Crippen LogP contribution in [0.3, 0.4) is 0 Å². The Morgan fingerprint density at radius 2 is 1.50 bits per heavy atom. The van der Waals surface area contributed by atoms with Crippen molar-refractivity contribution in [3.63, 3.8) is 0 Å². The first-order valence-electron chi connectivity index (χ1n) is 0.698. The maximum Gasteiger partial charge on any atom is 0.263 e. The quantitative estimate of drug-likeness (QED) is 0.580. The van der Waals surface area contributed by atoms with Gasteiger partial charge in [-0.2, -0.15) is 4.21 Å². The number of rotatable bonds is 0. The molecule has 0 atom stereocenters. The van der Waals surface area contributed by atoms with Gasteiger partial charge in [-0.15, -0.1) is 0 Å². The summed E-state index contributed by atoms with van der Waals surface area (Å²) in [5.74, 6) is 0. The summed E-state index contributed by atoms with van der Waals surface area (Å²) in [5, 5.41) is 0. The predicted octanol–water partition coefficient (Wildman–Crippen LogP) is -0.702. The van der Waals surface area contributed by atoms with Crippen molar-refractivity contribution in [2.45, 2.75) is 0 Å². The van der Waals surface area contributed by atoms with Crippen LogP contribution in [0.15, 0.2) is 0 Å². The van der Waals surface area contributed by atoms with Gasteiger partial charge in [0.05, 0.1) is 0 Å². The largest absolute Gasteiger partial charge is 0.285 e. The van der Waals surface area contributed by atoms with Gasteiger partial charge in [-0.3, -0.25) is 9.11 Å². The first-order chi connectivity index (χ1) is 2.00. The smallest absolute Gasteiger partial charge is 0.263 e. The Kier molecular flexibility index (Phi) is 5.54. The molecule has 2 N–H and O–H groups in total. The number of hydrogen-bond donors (Lipinski definition) is 2. The average Bonchev–Trinajstić information content (AvgIpc) is 0.722. The van der Waals surface area contributed by atoms with Crippen LogP contribution in [0.1, 0.15) is 0 Å². The standard InChI is InChI=1S/H2O3S2.Tl/c1-5(2,3)4;/h(H2,1,2,3,4);. The monoisotopic (exact) mass is 319 g/mol. The van der Waals surface area contributed by atoms with Crippen molar-refractivity contribution in [1.29, 1.82) is 0 Å². The van der Waals surface area contributed by atoms with Crippen molar-refractivity contribution in [3.05, 3.63) is 0 Å². The third-order valence-electron chi connectivity index (χ3n) is 0. The molecule has 0 aliphatic heterocycles. The Morgan fingerprint density at radius 1 is 1.50 bits per heavy atom. The van der Waals surface area contributed by atoms with E-state index >= 15 is 0 Å². The van der Waals surface area contributed by atoms with Gasteiger partial charge in [0.2, 0.25) is 0 Å². The van der Waals surface area contributed by atoms with Gasteiger partial charge in [-0.1, -0.05) is 0 Å². The maximum atomic E-state index is 9.11. The van der Waals surface area contributed by atoms with E-state index in [0.717, 1.165) is 0 Å². The minimum atomic E-state index is -3.83. The molecule has 0 aromatic carbocycles. The fraction of sp³-hybridized carbons (Fsp3) is 0. The Labute approximate surface area is 60.6 Å². The van der Waals surface area contributed by atoms with Crippen LogP contribution in [0.25, 0.3) is 0 Å². The van der Waals surface area contributed by atoms with Gasteiger partial charge in [-0.25, -0.2) is 0 Å². The third kappa shape index (κ3) is 62.9. The summed E-state index contributed by atoms with van der Waals surface area (Å²) >= 11 is 3.47. The minimum absolute atomic E-state index is 0.